The standard InChI is InChI=1S/C77H136O6/c1-4-7-10-13-16-19-22-25-27-29-31-33-35-37-38-40-41-43-45-47-49-52-55-58-61-64-67-70-76(79)82-73-74(72-81-75(78)69-66-63-60-57-54-51-24-21-18-15-12-9-6-3)83-77(80)71-68-65-62-59-56-53-50-48-46-44-42-39-36-34-32-30-28-26-23-20-17-14-11-8-5-2/h7,10,16,19,25,27,31,33,37-38,41,43,47,49,74H,4-6,8-9,11-15,17-18,20-24,26,28-30,32,34-36,39-40,42,44-46,48,50-73H2,1-3H3/b10-7-,19-16-,27-25-,33-31-,38-37-,43-41-,49-47-. The highest BCUT2D eigenvalue weighted by atomic mass is 16.6. The molecule has 0 heterocycles. The zero-order valence-corrected chi connectivity index (χ0v) is 55.2. The first-order valence-corrected chi connectivity index (χ1v) is 36.1. The van der Waals surface area contributed by atoms with Crippen molar-refractivity contribution in [3.8, 4) is 0 Å². The lowest BCUT2D eigenvalue weighted by atomic mass is 10.0. The second-order valence-corrected chi connectivity index (χ2v) is 24.1. The van der Waals surface area contributed by atoms with Gasteiger partial charge in [0.25, 0.3) is 0 Å². The van der Waals surface area contributed by atoms with Crippen molar-refractivity contribution in [2.24, 2.45) is 0 Å². The normalized spacial score (nSPS) is 12.6. The van der Waals surface area contributed by atoms with Crippen LogP contribution in [-0.4, -0.2) is 37.2 Å². The van der Waals surface area contributed by atoms with E-state index in [0.717, 1.165) is 122 Å². The molecule has 1 atom stereocenters. The zero-order valence-electron chi connectivity index (χ0n) is 55.2. The number of hydrogen-bond donors (Lipinski definition) is 0. The minimum Gasteiger partial charge on any atom is -0.462 e. The minimum absolute atomic E-state index is 0.0778. The van der Waals surface area contributed by atoms with Crippen LogP contribution in [0.4, 0.5) is 0 Å². The van der Waals surface area contributed by atoms with Crippen molar-refractivity contribution in [1.82, 2.24) is 0 Å². The number of hydrogen-bond acceptors (Lipinski definition) is 6. The van der Waals surface area contributed by atoms with Crippen LogP contribution in [0.25, 0.3) is 0 Å². The summed E-state index contributed by atoms with van der Waals surface area (Å²) in [4.78, 5) is 38.4. The molecule has 0 N–H and O–H groups in total. The van der Waals surface area contributed by atoms with Crippen LogP contribution in [0, 0.1) is 0 Å². The van der Waals surface area contributed by atoms with E-state index in [4.69, 9.17) is 14.2 Å². The molecule has 0 aromatic rings. The van der Waals surface area contributed by atoms with E-state index in [1.54, 1.807) is 0 Å². The van der Waals surface area contributed by atoms with Crippen molar-refractivity contribution in [3.05, 3.63) is 85.1 Å². The third-order valence-corrected chi connectivity index (χ3v) is 15.9. The van der Waals surface area contributed by atoms with E-state index in [9.17, 15) is 14.4 Å². The predicted molar refractivity (Wildman–Crippen MR) is 362 cm³/mol. The Balaban J connectivity index is 4.30. The molecule has 0 aromatic carbocycles. The molecule has 0 aliphatic heterocycles. The largest absolute Gasteiger partial charge is 0.462 e. The quantitative estimate of drug-likeness (QED) is 0.0261. The molecule has 0 saturated carbocycles. The number of unbranched alkanes of at least 4 members (excludes halogenated alkanes) is 41. The highest BCUT2D eigenvalue weighted by Gasteiger charge is 2.19. The van der Waals surface area contributed by atoms with Gasteiger partial charge < -0.3 is 14.2 Å². The molecule has 0 aliphatic carbocycles. The van der Waals surface area contributed by atoms with Crippen LogP contribution < -0.4 is 0 Å². The van der Waals surface area contributed by atoms with Crippen LogP contribution in [0.15, 0.2) is 85.1 Å². The number of rotatable bonds is 66. The van der Waals surface area contributed by atoms with Gasteiger partial charge in [0, 0.05) is 19.3 Å². The third kappa shape index (κ3) is 69.3. The van der Waals surface area contributed by atoms with Crippen LogP contribution in [0.3, 0.4) is 0 Å². The van der Waals surface area contributed by atoms with Crippen LogP contribution in [0.1, 0.15) is 367 Å². The average Bonchev–Trinajstić information content (AvgIpc) is 3.49. The van der Waals surface area contributed by atoms with Crippen molar-refractivity contribution in [2.75, 3.05) is 13.2 Å². The summed E-state index contributed by atoms with van der Waals surface area (Å²) in [6.45, 7) is 6.57. The topological polar surface area (TPSA) is 78.9 Å². The fraction of sp³-hybridized carbons (Fsp3) is 0.779. The van der Waals surface area contributed by atoms with Crippen LogP contribution >= 0.6 is 0 Å². The SMILES string of the molecule is CC/C=C\C/C=C\C/C=C\C/C=C\C/C=C\C/C=C\C/C=C\CCCCCCCC(=O)OCC(COC(=O)CCCCCCCCCCCCCCC)OC(=O)CCCCCCCCCCCCCCCCCCCCCCCCCCC. The molecule has 0 spiro atoms. The van der Waals surface area contributed by atoms with E-state index in [1.807, 2.05) is 0 Å². The molecule has 6 nitrogen and oxygen atoms in total. The van der Waals surface area contributed by atoms with E-state index < -0.39 is 6.10 Å². The summed E-state index contributed by atoms with van der Waals surface area (Å²) in [5, 5.41) is 0. The van der Waals surface area contributed by atoms with Gasteiger partial charge in [-0.1, -0.05) is 356 Å². The average molecular weight is 1160 g/mol. The number of carbonyl (C=O) groups is 3. The van der Waals surface area contributed by atoms with Gasteiger partial charge in [0.1, 0.15) is 13.2 Å². The summed E-state index contributed by atoms with van der Waals surface area (Å²) in [7, 11) is 0. The van der Waals surface area contributed by atoms with E-state index in [2.05, 4.69) is 106 Å². The summed E-state index contributed by atoms with van der Waals surface area (Å²) in [5.41, 5.74) is 0. The maximum absolute atomic E-state index is 13.0. The first-order valence-electron chi connectivity index (χ1n) is 36.1. The summed E-state index contributed by atoms with van der Waals surface area (Å²) in [5.74, 6) is -0.876. The molecule has 480 valence electrons. The number of ether oxygens (including phenoxy) is 3. The van der Waals surface area contributed by atoms with Gasteiger partial charge in [-0.25, -0.2) is 0 Å². The van der Waals surface area contributed by atoms with Crippen LogP contribution in [-0.2, 0) is 28.6 Å². The number of carbonyl (C=O) groups excluding carboxylic acids is 3. The van der Waals surface area contributed by atoms with Gasteiger partial charge in [-0.2, -0.15) is 0 Å². The molecular weight excluding hydrogens is 1020 g/mol. The Morgan fingerprint density at radius 3 is 0.735 bits per heavy atom. The molecule has 0 fully saturated rings. The second-order valence-electron chi connectivity index (χ2n) is 24.1. The Hall–Kier alpha value is -3.41. The van der Waals surface area contributed by atoms with Crippen LogP contribution in [0.2, 0.25) is 0 Å². The molecule has 1 unspecified atom stereocenters. The molecule has 0 saturated heterocycles. The van der Waals surface area contributed by atoms with Gasteiger partial charge >= 0.3 is 17.9 Å². The highest BCUT2D eigenvalue weighted by molar-refractivity contribution is 5.71. The monoisotopic (exact) mass is 1160 g/mol. The predicted octanol–water partition coefficient (Wildman–Crippen LogP) is 25.0. The Labute approximate surface area is 515 Å². The molecule has 0 rings (SSSR count). The van der Waals surface area contributed by atoms with Crippen molar-refractivity contribution < 1.29 is 28.6 Å². The Morgan fingerprint density at radius 1 is 0.253 bits per heavy atom. The van der Waals surface area contributed by atoms with Crippen molar-refractivity contribution >= 4 is 17.9 Å². The van der Waals surface area contributed by atoms with Gasteiger partial charge in [0.05, 0.1) is 0 Å². The van der Waals surface area contributed by atoms with Gasteiger partial charge in [-0.15, -0.1) is 0 Å². The molecule has 6 heteroatoms. The van der Waals surface area contributed by atoms with Crippen LogP contribution in [0.5, 0.6) is 0 Å². The lowest BCUT2D eigenvalue weighted by Gasteiger charge is -2.18. The fourth-order valence-corrected chi connectivity index (χ4v) is 10.5. The Kier molecular flexibility index (Phi) is 68.2. The van der Waals surface area contributed by atoms with E-state index in [-0.39, 0.29) is 31.1 Å². The van der Waals surface area contributed by atoms with Crippen molar-refractivity contribution in [1.29, 1.82) is 0 Å². The molecular formula is C77H136O6. The van der Waals surface area contributed by atoms with Crippen molar-refractivity contribution in [2.45, 2.75) is 374 Å². The summed E-state index contributed by atoms with van der Waals surface area (Å²) < 4.78 is 17.0. The second kappa shape index (κ2) is 71.1. The minimum atomic E-state index is -0.784. The lowest BCUT2D eigenvalue weighted by Crippen LogP contribution is -2.30. The first kappa shape index (κ1) is 79.6. The molecule has 0 aliphatic rings. The summed E-state index contributed by atoms with van der Waals surface area (Å²) in [6, 6.07) is 0. The van der Waals surface area contributed by atoms with Gasteiger partial charge in [-0.05, 0) is 77.0 Å². The molecule has 0 bridgehead atoms. The fourth-order valence-electron chi connectivity index (χ4n) is 10.5. The molecule has 0 aromatic heterocycles. The highest BCUT2D eigenvalue weighted by Crippen LogP contribution is 2.18. The maximum Gasteiger partial charge on any atom is 0.306 e. The van der Waals surface area contributed by atoms with E-state index >= 15 is 0 Å². The van der Waals surface area contributed by atoms with E-state index in [0.29, 0.717) is 19.3 Å². The smallest absolute Gasteiger partial charge is 0.306 e. The molecule has 83 heavy (non-hydrogen) atoms. The Bertz CT molecular complexity index is 1570. The summed E-state index contributed by atoms with van der Waals surface area (Å²) >= 11 is 0. The van der Waals surface area contributed by atoms with Gasteiger partial charge in [0.2, 0.25) is 0 Å². The first-order chi connectivity index (χ1) is 41.0. The maximum atomic E-state index is 13.0. The lowest BCUT2D eigenvalue weighted by molar-refractivity contribution is -0.167. The number of allylic oxidation sites excluding steroid dienone is 14. The van der Waals surface area contributed by atoms with Crippen molar-refractivity contribution in [3.63, 3.8) is 0 Å². The number of esters is 3. The van der Waals surface area contributed by atoms with E-state index in [1.165, 1.54) is 205 Å². The van der Waals surface area contributed by atoms with Gasteiger partial charge in [-0.3, -0.25) is 14.4 Å². The zero-order chi connectivity index (χ0) is 59.9. The Morgan fingerprint density at radius 2 is 0.470 bits per heavy atom. The third-order valence-electron chi connectivity index (χ3n) is 15.9. The van der Waals surface area contributed by atoms with Gasteiger partial charge in [0.15, 0.2) is 6.10 Å². The molecule has 0 amide bonds. The summed E-state index contributed by atoms with van der Waals surface area (Å²) in [6.07, 6.45) is 94.7. The molecule has 0 radical (unpaired) electrons.